The zero-order valence-electron chi connectivity index (χ0n) is 10.7. The number of ether oxygens (including phenoxy) is 1. The van der Waals surface area contributed by atoms with Crippen LogP contribution in [0.5, 0.6) is 0 Å². The van der Waals surface area contributed by atoms with E-state index in [0.29, 0.717) is 11.5 Å². The highest BCUT2D eigenvalue weighted by atomic mass is 16.5. The Labute approximate surface area is 119 Å². The van der Waals surface area contributed by atoms with E-state index in [1.165, 1.54) is 12.5 Å². The fraction of sp³-hybridized carbons (Fsp3) is 0.0667. The Morgan fingerprint density at radius 2 is 1.71 bits per heavy atom. The first-order valence-electron chi connectivity index (χ1n) is 6.05. The molecule has 3 heterocycles. The molecule has 0 amide bonds. The van der Waals surface area contributed by atoms with Gasteiger partial charge in [-0.2, -0.15) is 10.5 Å². The van der Waals surface area contributed by atoms with Crippen LogP contribution in [0.2, 0.25) is 0 Å². The average Bonchev–Trinajstić information content (AvgIpc) is 3.19. The lowest BCUT2D eigenvalue weighted by Crippen LogP contribution is -2.19. The molecule has 6 heteroatoms. The molecule has 1 aliphatic rings. The summed E-state index contributed by atoms with van der Waals surface area (Å²) in [5.41, 5.74) is 6.16. The molecule has 1 atom stereocenters. The molecule has 21 heavy (non-hydrogen) atoms. The first-order valence-corrected chi connectivity index (χ1v) is 6.05. The standard InChI is InChI=1S/C15H9N3O3/c16-7-9-13(11-3-1-5-19-11)10(8-17)15(18)21-14(9)12-4-2-6-20-12/h1-6,13H,18H2/t13-/m1/s1. The van der Waals surface area contributed by atoms with Crippen LogP contribution in [0.25, 0.3) is 5.76 Å². The van der Waals surface area contributed by atoms with E-state index in [1.54, 1.807) is 24.3 Å². The molecular formula is C15H9N3O3. The number of allylic oxidation sites excluding steroid dienone is 2. The quantitative estimate of drug-likeness (QED) is 0.904. The van der Waals surface area contributed by atoms with Crippen molar-refractivity contribution in [3.05, 3.63) is 65.3 Å². The van der Waals surface area contributed by atoms with Crippen LogP contribution in [-0.2, 0) is 4.74 Å². The predicted molar refractivity (Wildman–Crippen MR) is 70.6 cm³/mol. The van der Waals surface area contributed by atoms with Crippen molar-refractivity contribution < 1.29 is 13.6 Å². The van der Waals surface area contributed by atoms with Crippen LogP contribution in [0.3, 0.4) is 0 Å². The molecule has 2 aromatic heterocycles. The van der Waals surface area contributed by atoms with Crippen LogP contribution in [0.4, 0.5) is 0 Å². The van der Waals surface area contributed by atoms with Gasteiger partial charge in [0.25, 0.3) is 0 Å². The van der Waals surface area contributed by atoms with Crippen LogP contribution in [0, 0.1) is 22.7 Å². The summed E-state index contributed by atoms with van der Waals surface area (Å²) < 4.78 is 16.0. The number of rotatable bonds is 2. The summed E-state index contributed by atoms with van der Waals surface area (Å²) in [6.07, 6.45) is 2.93. The summed E-state index contributed by atoms with van der Waals surface area (Å²) in [6.45, 7) is 0. The number of nitrogens with two attached hydrogens (primary N) is 1. The summed E-state index contributed by atoms with van der Waals surface area (Å²) in [5.74, 6) is 0.231. The van der Waals surface area contributed by atoms with Crippen molar-refractivity contribution in [3.63, 3.8) is 0 Å². The Morgan fingerprint density at radius 3 is 2.29 bits per heavy atom. The second-order valence-corrected chi connectivity index (χ2v) is 4.27. The van der Waals surface area contributed by atoms with Gasteiger partial charge in [-0.05, 0) is 24.3 Å². The van der Waals surface area contributed by atoms with Crippen LogP contribution in [-0.4, -0.2) is 0 Å². The fourth-order valence-corrected chi connectivity index (χ4v) is 2.20. The van der Waals surface area contributed by atoms with Gasteiger partial charge in [-0.1, -0.05) is 0 Å². The lowest BCUT2D eigenvalue weighted by molar-refractivity contribution is 0.336. The van der Waals surface area contributed by atoms with E-state index >= 15 is 0 Å². The zero-order chi connectivity index (χ0) is 14.8. The Balaban J connectivity index is 2.22. The Hall–Kier alpha value is -3.38. The Kier molecular flexibility index (Phi) is 2.98. The minimum atomic E-state index is -0.705. The lowest BCUT2D eigenvalue weighted by Gasteiger charge is -2.23. The minimum absolute atomic E-state index is 0.0655. The van der Waals surface area contributed by atoms with Gasteiger partial charge in [0.15, 0.2) is 11.5 Å². The molecule has 0 fully saturated rings. The third kappa shape index (κ3) is 1.96. The van der Waals surface area contributed by atoms with Crippen LogP contribution in [0.15, 0.2) is 62.7 Å². The molecule has 0 aromatic carbocycles. The summed E-state index contributed by atoms with van der Waals surface area (Å²) in [4.78, 5) is 0. The number of hydrogen-bond donors (Lipinski definition) is 1. The maximum Gasteiger partial charge on any atom is 0.206 e. The first-order chi connectivity index (χ1) is 10.3. The van der Waals surface area contributed by atoms with E-state index < -0.39 is 5.92 Å². The van der Waals surface area contributed by atoms with Gasteiger partial charge in [-0.15, -0.1) is 0 Å². The number of hydrogen-bond acceptors (Lipinski definition) is 6. The average molecular weight is 279 g/mol. The predicted octanol–water partition coefficient (Wildman–Crippen LogP) is 2.62. The van der Waals surface area contributed by atoms with Gasteiger partial charge in [0.1, 0.15) is 17.4 Å². The molecule has 0 bridgehead atoms. The highest BCUT2D eigenvalue weighted by molar-refractivity contribution is 5.70. The summed E-state index contributed by atoms with van der Waals surface area (Å²) in [5, 5.41) is 18.8. The van der Waals surface area contributed by atoms with E-state index in [2.05, 4.69) is 6.07 Å². The maximum atomic E-state index is 9.49. The second-order valence-electron chi connectivity index (χ2n) is 4.27. The normalized spacial score (nSPS) is 18.1. The van der Waals surface area contributed by atoms with E-state index in [4.69, 9.17) is 19.3 Å². The van der Waals surface area contributed by atoms with Crippen LogP contribution < -0.4 is 5.73 Å². The van der Waals surface area contributed by atoms with E-state index in [-0.39, 0.29) is 22.8 Å². The summed E-state index contributed by atoms with van der Waals surface area (Å²) >= 11 is 0. The van der Waals surface area contributed by atoms with Crippen LogP contribution in [0.1, 0.15) is 17.4 Å². The number of nitriles is 2. The minimum Gasteiger partial charge on any atom is -0.468 e. The van der Waals surface area contributed by atoms with E-state index in [0.717, 1.165) is 0 Å². The third-order valence-electron chi connectivity index (χ3n) is 3.11. The zero-order valence-corrected chi connectivity index (χ0v) is 10.7. The smallest absolute Gasteiger partial charge is 0.206 e. The largest absolute Gasteiger partial charge is 0.468 e. The first kappa shape index (κ1) is 12.6. The second kappa shape index (κ2) is 4.95. The van der Waals surface area contributed by atoms with Crippen molar-refractivity contribution in [2.45, 2.75) is 5.92 Å². The highest BCUT2D eigenvalue weighted by Gasteiger charge is 2.36. The lowest BCUT2D eigenvalue weighted by atomic mass is 9.87. The molecule has 2 aromatic rings. The molecule has 102 valence electrons. The molecule has 6 nitrogen and oxygen atoms in total. The van der Waals surface area contributed by atoms with Crippen molar-refractivity contribution in [1.29, 1.82) is 10.5 Å². The molecule has 0 unspecified atom stereocenters. The molecule has 0 aliphatic carbocycles. The van der Waals surface area contributed by atoms with Gasteiger partial charge in [0, 0.05) is 0 Å². The molecule has 1 aliphatic heterocycles. The van der Waals surface area contributed by atoms with Gasteiger partial charge in [0.2, 0.25) is 5.88 Å². The highest BCUT2D eigenvalue weighted by Crippen LogP contribution is 2.41. The Bertz CT molecular complexity index is 799. The number of furan rings is 2. The molecule has 0 spiro atoms. The molecule has 0 saturated carbocycles. The monoisotopic (exact) mass is 279 g/mol. The molecule has 3 rings (SSSR count). The van der Waals surface area contributed by atoms with Crippen molar-refractivity contribution >= 4 is 5.76 Å². The molecule has 0 saturated heterocycles. The summed E-state index contributed by atoms with van der Waals surface area (Å²) in [6, 6.07) is 10.7. The van der Waals surface area contributed by atoms with Gasteiger partial charge in [0.05, 0.1) is 30.1 Å². The maximum absolute atomic E-state index is 9.49. The van der Waals surface area contributed by atoms with Gasteiger partial charge < -0.3 is 19.3 Å². The van der Waals surface area contributed by atoms with Gasteiger partial charge >= 0.3 is 0 Å². The fourth-order valence-electron chi connectivity index (χ4n) is 2.20. The van der Waals surface area contributed by atoms with Gasteiger partial charge in [-0.25, -0.2) is 0 Å². The Morgan fingerprint density at radius 1 is 1.00 bits per heavy atom. The number of nitrogens with zero attached hydrogens (tertiary/aromatic N) is 2. The SMILES string of the molecule is N#CC1=C(N)OC(c2ccco2)=C(C#N)[C@H]1c1ccco1. The van der Waals surface area contributed by atoms with Crippen molar-refractivity contribution in [3.8, 4) is 12.1 Å². The third-order valence-corrected chi connectivity index (χ3v) is 3.11. The van der Waals surface area contributed by atoms with Crippen molar-refractivity contribution in [1.82, 2.24) is 0 Å². The van der Waals surface area contributed by atoms with E-state index in [9.17, 15) is 10.5 Å². The van der Waals surface area contributed by atoms with Gasteiger partial charge in [-0.3, -0.25) is 0 Å². The topological polar surface area (TPSA) is 109 Å². The van der Waals surface area contributed by atoms with E-state index in [1.807, 2.05) is 6.07 Å². The van der Waals surface area contributed by atoms with Crippen LogP contribution >= 0.6 is 0 Å². The van der Waals surface area contributed by atoms with Crippen molar-refractivity contribution in [2.75, 3.05) is 0 Å². The van der Waals surface area contributed by atoms with Crippen molar-refractivity contribution in [2.24, 2.45) is 5.73 Å². The molecule has 2 N–H and O–H groups in total. The molecule has 0 radical (unpaired) electrons. The summed E-state index contributed by atoms with van der Waals surface area (Å²) in [7, 11) is 0. The molecular weight excluding hydrogens is 270 g/mol.